The molecule has 5 nitrogen and oxygen atoms in total. The molecule has 3 heterocycles. The van der Waals surface area contributed by atoms with E-state index in [0.29, 0.717) is 6.54 Å². The van der Waals surface area contributed by atoms with Crippen LogP contribution < -0.4 is 5.32 Å². The van der Waals surface area contributed by atoms with Gasteiger partial charge in [0.25, 0.3) is 0 Å². The van der Waals surface area contributed by atoms with Crippen LogP contribution in [0, 0.1) is 0 Å². The van der Waals surface area contributed by atoms with Crippen LogP contribution in [0.15, 0.2) is 48.8 Å². The van der Waals surface area contributed by atoms with Crippen LogP contribution in [-0.2, 0) is 4.79 Å². The fourth-order valence-corrected chi connectivity index (χ4v) is 4.42. The van der Waals surface area contributed by atoms with Crippen molar-refractivity contribution in [2.75, 3.05) is 38.0 Å². The number of aromatic nitrogens is 1. The molecule has 2 aromatic rings. The predicted molar refractivity (Wildman–Crippen MR) is 117 cm³/mol. The number of para-hydroxylation sites is 2. The average molecular weight is 403 g/mol. The zero-order chi connectivity index (χ0) is 18.5. The highest BCUT2D eigenvalue weighted by molar-refractivity contribution is 5.94. The van der Waals surface area contributed by atoms with Gasteiger partial charge in [0.2, 0.25) is 5.91 Å². The second-order valence-corrected chi connectivity index (χ2v) is 7.76. The van der Waals surface area contributed by atoms with E-state index in [9.17, 15) is 4.79 Å². The van der Waals surface area contributed by atoms with E-state index in [1.54, 1.807) is 0 Å². The molecular formula is C22H31ClN4O. The summed E-state index contributed by atoms with van der Waals surface area (Å²) in [6.07, 6.45) is 10.5. The summed E-state index contributed by atoms with van der Waals surface area (Å²) >= 11 is 0. The van der Waals surface area contributed by atoms with Crippen molar-refractivity contribution in [3.8, 4) is 5.69 Å². The van der Waals surface area contributed by atoms with Crippen LogP contribution in [0.25, 0.3) is 5.69 Å². The third-order valence-corrected chi connectivity index (χ3v) is 5.89. The number of nitrogens with one attached hydrogen (secondary N) is 1. The Balaban J connectivity index is 0.00000225. The van der Waals surface area contributed by atoms with E-state index in [1.165, 1.54) is 45.2 Å². The molecule has 2 aliphatic heterocycles. The van der Waals surface area contributed by atoms with E-state index in [2.05, 4.69) is 15.1 Å². The monoisotopic (exact) mass is 402 g/mol. The van der Waals surface area contributed by atoms with Gasteiger partial charge in [-0.25, -0.2) is 0 Å². The molecule has 1 aromatic heterocycles. The molecule has 0 unspecified atom stereocenters. The van der Waals surface area contributed by atoms with Crippen LogP contribution in [0.1, 0.15) is 32.1 Å². The van der Waals surface area contributed by atoms with Gasteiger partial charge in [0.1, 0.15) is 0 Å². The number of hydrogen-bond donors (Lipinski definition) is 1. The van der Waals surface area contributed by atoms with E-state index in [4.69, 9.17) is 0 Å². The summed E-state index contributed by atoms with van der Waals surface area (Å²) in [5.41, 5.74) is 1.86. The number of likely N-dealkylation sites (tertiary alicyclic amines) is 2. The minimum atomic E-state index is 0. The lowest BCUT2D eigenvalue weighted by molar-refractivity contribution is -0.117. The van der Waals surface area contributed by atoms with E-state index >= 15 is 0 Å². The fourth-order valence-electron chi connectivity index (χ4n) is 4.42. The van der Waals surface area contributed by atoms with Gasteiger partial charge in [-0.1, -0.05) is 18.6 Å². The first-order valence-electron chi connectivity index (χ1n) is 10.3. The number of amides is 1. The highest BCUT2D eigenvalue weighted by atomic mass is 35.5. The van der Waals surface area contributed by atoms with Crippen molar-refractivity contribution < 1.29 is 4.79 Å². The van der Waals surface area contributed by atoms with Crippen molar-refractivity contribution in [3.05, 3.63) is 48.8 Å². The average Bonchev–Trinajstić information content (AvgIpc) is 3.24. The molecule has 0 spiro atoms. The summed E-state index contributed by atoms with van der Waals surface area (Å²) < 4.78 is 2.03. The maximum atomic E-state index is 12.6. The number of piperidine rings is 2. The van der Waals surface area contributed by atoms with Crippen molar-refractivity contribution in [2.24, 2.45) is 0 Å². The van der Waals surface area contributed by atoms with E-state index in [0.717, 1.165) is 30.5 Å². The van der Waals surface area contributed by atoms with Gasteiger partial charge in [-0.2, -0.15) is 0 Å². The molecule has 0 atom stereocenters. The zero-order valence-electron chi connectivity index (χ0n) is 16.4. The molecule has 0 aliphatic carbocycles. The molecule has 0 radical (unpaired) electrons. The van der Waals surface area contributed by atoms with Crippen molar-refractivity contribution >= 4 is 24.0 Å². The van der Waals surface area contributed by atoms with Crippen LogP contribution >= 0.6 is 12.4 Å². The number of nitrogens with zero attached hydrogens (tertiary/aromatic N) is 3. The van der Waals surface area contributed by atoms with Crippen LogP contribution in [0.4, 0.5) is 5.69 Å². The first-order chi connectivity index (χ1) is 13.3. The quantitative estimate of drug-likeness (QED) is 0.827. The highest BCUT2D eigenvalue weighted by Gasteiger charge is 2.26. The lowest BCUT2D eigenvalue weighted by Gasteiger charge is -2.40. The van der Waals surface area contributed by atoms with Crippen LogP contribution in [0.3, 0.4) is 0 Å². The Labute approximate surface area is 174 Å². The topological polar surface area (TPSA) is 40.5 Å². The summed E-state index contributed by atoms with van der Waals surface area (Å²) in [6, 6.07) is 12.7. The third kappa shape index (κ3) is 5.16. The van der Waals surface area contributed by atoms with Crippen molar-refractivity contribution in [1.29, 1.82) is 0 Å². The van der Waals surface area contributed by atoms with Gasteiger partial charge in [0.05, 0.1) is 17.9 Å². The molecular weight excluding hydrogens is 372 g/mol. The first kappa shape index (κ1) is 20.9. The maximum Gasteiger partial charge on any atom is 0.238 e. The number of halogens is 1. The second-order valence-electron chi connectivity index (χ2n) is 7.76. The number of anilines is 1. The van der Waals surface area contributed by atoms with Gasteiger partial charge >= 0.3 is 0 Å². The van der Waals surface area contributed by atoms with Gasteiger partial charge < -0.3 is 14.8 Å². The van der Waals surface area contributed by atoms with E-state index in [-0.39, 0.29) is 18.3 Å². The molecule has 152 valence electrons. The van der Waals surface area contributed by atoms with Gasteiger partial charge in [0.15, 0.2) is 0 Å². The normalized spacial score (nSPS) is 19.1. The summed E-state index contributed by atoms with van der Waals surface area (Å²) in [5, 5.41) is 3.11. The molecule has 1 amide bonds. The molecule has 1 aromatic carbocycles. The number of benzene rings is 1. The van der Waals surface area contributed by atoms with Crippen LogP contribution in [-0.4, -0.2) is 59.0 Å². The summed E-state index contributed by atoms with van der Waals surface area (Å²) in [6.45, 7) is 5.05. The molecule has 6 heteroatoms. The van der Waals surface area contributed by atoms with Crippen LogP contribution in [0.2, 0.25) is 0 Å². The van der Waals surface area contributed by atoms with Crippen molar-refractivity contribution in [3.63, 3.8) is 0 Å². The Morgan fingerprint density at radius 1 is 0.929 bits per heavy atom. The van der Waals surface area contributed by atoms with Gasteiger partial charge in [-0.15, -0.1) is 12.4 Å². The zero-order valence-corrected chi connectivity index (χ0v) is 17.2. The predicted octanol–water partition coefficient (Wildman–Crippen LogP) is 3.79. The Bertz CT molecular complexity index is 735. The number of carbonyl (C=O) groups is 1. The Kier molecular flexibility index (Phi) is 7.54. The fraction of sp³-hybridized carbons (Fsp3) is 0.500. The maximum absolute atomic E-state index is 12.6. The summed E-state index contributed by atoms with van der Waals surface area (Å²) in [4.78, 5) is 17.6. The molecule has 2 fully saturated rings. The largest absolute Gasteiger partial charge is 0.323 e. The van der Waals surface area contributed by atoms with E-state index < -0.39 is 0 Å². The number of carbonyl (C=O) groups excluding carboxylic acids is 1. The standard InChI is InChI=1S/C22H30N4O.ClH/c27-22(23-20-8-2-3-9-21(20)26-14-6-7-15-26)18-24-16-10-19(11-17-24)25-12-4-1-5-13-25;/h2-3,6-9,14-15,19H,1,4-5,10-13,16-18H2,(H,23,27);1H. The first-order valence-corrected chi connectivity index (χ1v) is 10.3. The van der Waals surface area contributed by atoms with Gasteiger partial charge in [-0.3, -0.25) is 9.69 Å². The smallest absolute Gasteiger partial charge is 0.238 e. The molecule has 2 aliphatic rings. The van der Waals surface area contributed by atoms with Crippen LogP contribution in [0.5, 0.6) is 0 Å². The Morgan fingerprint density at radius 2 is 1.61 bits per heavy atom. The molecule has 4 rings (SSSR count). The lowest BCUT2D eigenvalue weighted by Crippen LogP contribution is -2.48. The Hall–Kier alpha value is -1.82. The minimum absolute atomic E-state index is 0. The van der Waals surface area contributed by atoms with Crippen molar-refractivity contribution in [1.82, 2.24) is 14.4 Å². The van der Waals surface area contributed by atoms with Gasteiger partial charge in [-0.05, 0) is 63.0 Å². The number of rotatable bonds is 5. The van der Waals surface area contributed by atoms with E-state index in [1.807, 2.05) is 53.4 Å². The minimum Gasteiger partial charge on any atom is -0.323 e. The molecule has 28 heavy (non-hydrogen) atoms. The summed E-state index contributed by atoms with van der Waals surface area (Å²) in [7, 11) is 0. The molecule has 0 saturated carbocycles. The molecule has 0 bridgehead atoms. The summed E-state index contributed by atoms with van der Waals surface area (Å²) in [5.74, 6) is 0.0750. The molecule has 1 N–H and O–H groups in total. The number of hydrogen-bond acceptors (Lipinski definition) is 3. The second kappa shape index (κ2) is 10.1. The third-order valence-electron chi connectivity index (χ3n) is 5.89. The Morgan fingerprint density at radius 3 is 2.32 bits per heavy atom. The lowest BCUT2D eigenvalue weighted by atomic mass is 10.00. The SMILES string of the molecule is Cl.O=C(CN1CCC(N2CCCCC2)CC1)Nc1ccccc1-n1cccc1. The van der Waals surface area contributed by atoms with Crippen molar-refractivity contribution in [2.45, 2.75) is 38.1 Å². The van der Waals surface area contributed by atoms with Gasteiger partial charge in [0, 0.05) is 31.5 Å². The molecule has 2 saturated heterocycles. The highest BCUT2D eigenvalue weighted by Crippen LogP contribution is 2.22.